The average molecular weight is 474 g/mol. The minimum absolute atomic E-state index is 0.139. The van der Waals surface area contributed by atoms with Crippen LogP contribution in [0, 0.1) is 39.9 Å². The van der Waals surface area contributed by atoms with Crippen LogP contribution in [0.15, 0.2) is 5.10 Å². The summed E-state index contributed by atoms with van der Waals surface area (Å²) in [5.74, 6) is 1.82. The van der Waals surface area contributed by atoms with Crippen LogP contribution in [0.5, 0.6) is 0 Å². The SMILES string of the molecule is C[C@]12CCC(OCCN3CCCC3)CC1CC[C@@H]1[C@H]2CC[C@]2(C)C(/C=N/NC(=N)N)CC[C@@]12O. The highest BCUT2D eigenvalue weighted by Crippen LogP contribution is 2.68. The van der Waals surface area contributed by atoms with Crippen molar-refractivity contribution in [1.82, 2.24) is 10.3 Å². The quantitative estimate of drug-likeness (QED) is 0.267. The van der Waals surface area contributed by atoms with Gasteiger partial charge in [-0.1, -0.05) is 13.8 Å². The van der Waals surface area contributed by atoms with Crippen LogP contribution in [0.1, 0.15) is 84.5 Å². The highest BCUT2D eigenvalue weighted by Gasteiger charge is 2.66. The average Bonchev–Trinajstić information content (AvgIpc) is 3.40. The lowest BCUT2D eigenvalue weighted by atomic mass is 9.43. The van der Waals surface area contributed by atoms with Crippen molar-refractivity contribution < 1.29 is 9.84 Å². The first-order chi connectivity index (χ1) is 16.3. The first-order valence-corrected chi connectivity index (χ1v) is 14.0. The topological polar surface area (TPSA) is 107 Å². The summed E-state index contributed by atoms with van der Waals surface area (Å²) in [6, 6.07) is 0. The predicted octanol–water partition coefficient (Wildman–Crippen LogP) is 3.71. The summed E-state index contributed by atoms with van der Waals surface area (Å²) in [4.78, 5) is 2.55. The fourth-order valence-corrected chi connectivity index (χ4v) is 9.17. The zero-order valence-corrected chi connectivity index (χ0v) is 21.4. The van der Waals surface area contributed by atoms with E-state index in [9.17, 15) is 5.11 Å². The Morgan fingerprint density at radius 1 is 1.12 bits per heavy atom. The Bertz CT molecular complexity index is 785. The molecule has 7 heteroatoms. The van der Waals surface area contributed by atoms with Crippen molar-refractivity contribution in [2.45, 2.75) is 96.2 Å². The van der Waals surface area contributed by atoms with Gasteiger partial charge in [0.15, 0.2) is 0 Å². The molecule has 8 atom stereocenters. The molecule has 1 saturated heterocycles. The molecule has 7 nitrogen and oxygen atoms in total. The minimum Gasteiger partial charge on any atom is -0.389 e. The first kappa shape index (κ1) is 24.5. The Balaban J connectivity index is 1.23. The highest BCUT2D eigenvalue weighted by molar-refractivity contribution is 5.75. The van der Waals surface area contributed by atoms with Gasteiger partial charge in [0, 0.05) is 24.1 Å². The molecule has 4 aliphatic carbocycles. The van der Waals surface area contributed by atoms with Crippen molar-refractivity contribution in [2.75, 3.05) is 26.2 Å². The van der Waals surface area contributed by atoms with Gasteiger partial charge in [-0.25, -0.2) is 5.43 Å². The van der Waals surface area contributed by atoms with E-state index in [0.717, 1.165) is 44.8 Å². The normalized spacial score (nSPS) is 46.7. The van der Waals surface area contributed by atoms with Crippen LogP contribution in [0.2, 0.25) is 0 Å². The molecule has 192 valence electrons. The highest BCUT2D eigenvalue weighted by atomic mass is 16.5. The Morgan fingerprint density at radius 2 is 1.91 bits per heavy atom. The number of nitrogens with two attached hydrogens (primary N) is 1. The summed E-state index contributed by atoms with van der Waals surface area (Å²) in [6.07, 6.45) is 15.1. The summed E-state index contributed by atoms with van der Waals surface area (Å²) >= 11 is 0. The smallest absolute Gasteiger partial charge is 0.206 e. The molecule has 0 amide bonds. The van der Waals surface area contributed by atoms with E-state index in [4.69, 9.17) is 15.9 Å². The van der Waals surface area contributed by atoms with Crippen LogP contribution in [-0.2, 0) is 4.74 Å². The molecule has 0 bridgehead atoms. The van der Waals surface area contributed by atoms with Gasteiger partial charge in [-0.15, -0.1) is 0 Å². The lowest BCUT2D eigenvalue weighted by molar-refractivity contribution is -0.207. The van der Waals surface area contributed by atoms with Gasteiger partial charge in [-0.2, -0.15) is 5.10 Å². The Hall–Kier alpha value is -1.18. The maximum atomic E-state index is 12.2. The molecule has 5 aliphatic rings. The molecule has 0 aromatic heterocycles. The third-order valence-electron chi connectivity index (χ3n) is 11.3. The van der Waals surface area contributed by atoms with Crippen molar-refractivity contribution in [2.24, 2.45) is 45.3 Å². The second-order valence-corrected chi connectivity index (χ2v) is 12.6. The third-order valence-corrected chi connectivity index (χ3v) is 11.3. The summed E-state index contributed by atoms with van der Waals surface area (Å²) in [7, 11) is 0. The maximum Gasteiger partial charge on any atom is 0.206 e. The van der Waals surface area contributed by atoms with Crippen LogP contribution in [0.3, 0.4) is 0 Å². The van der Waals surface area contributed by atoms with Gasteiger partial charge in [0.25, 0.3) is 0 Å². The molecule has 1 heterocycles. The zero-order chi connectivity index (χ0) is 24.0. The zero-order valence-electron chi connectivity index (χ0n) is 21.4. The van der Waals surface area contributed by atoms with E-state index >= 15 is 0 Å². The summed E-state index contributed by atoms with van der Waals surface area (Å²) in [5.41, 5.74) is 7.54. The number of rotatable bonds is 6. The standard InChI is InChI=1S/C27H47N5O2/c1-25-10-8-21(34-16-15-32-13-3-4-14-32)17-19(25)5-6-23-22(25)9-11-26(2)20(7-12-27(23,26)33)18-30-31-24(28)29/h18-23,33H,3-17H2,1-2H3,(H4,28,29,31)/b30-18+/t19?,20?,21?,22-,23-,25+,26-,27-/m1/s1. The van der Waals surface area contributed by atoms with Crippen molar-refractivity contribution in [1.29, 1.82) is 5.41 Å². The second kappa shape index (κ2) is 9.36. The van der Waals surface area contributed by atoms with E-state index in [0.29, 0.717) is 23.4 Å². The van der Waals surface area contributed by atoms with Gasteiger partial charge in [-0.05, 0) is 107 Å². The van der Waals surface area contributed by atoms with Crippen LogP contribution in [-0.4, -0.2) is 60.1 Å². The molecular weight excluding hydrogens is 426 g/mol. The Morgan fingerprint density at radius 3 is 2.68 bits per heavy atom. The lowest BCUT2D eigenvalue weighted by Gasteiger charge is -2.63. The monoisotopic (exact) mass is 473 g/mol. The largest absolute Gasteiger partial charge is 0.389 e. The minimum atomic E-state index is -0.611. The predicted molar refractivity (Wildman–Crippen MR) is 136 cm³/mol. The Kier molecular flexibility index (Phi) is 6.75. The third kappa shape index (κ3) is 4.09. The maximum absolute atomic E-state index is 12.2. The number of aliphatic hydroxyl groups is 1. The van der Waals surface area contributed by atoms with Crippen LogP contribution in [0.25, 0.3) is 0 Å². The van der Waals surface area contributed by atoms with Crippen molar-refractivity contribution in [3.05, 3.63) is 0 Å². The Labute approximate surface area is 205 Å². The number of guanidine groups is 1. The van der Waals surface area contributed by atoms with E-state index in [1.165, 1.54) is 58.0 Å². The van der Waals surface area contributed by atoms with E-state index in [1.54, 1.807) is 0 Å². The fourth-order valence-electron chi connectivity index (χ4n) is 9.17. The van der Waals surface area contributed by atoms with Gasteiger partial charge < -0.3 is 20.5 Å². The fraction of sp³-hybridized carbons (Fsp3) is 0.926. The molecule has 0 aromatic rings. The van der Waals surface area contributed by atoms with Crippen LogP contribution >= 0.6 is 0 Å². The van der Waals surface area contributed by atoms with Crippen molar-refractivity contribution >= 4 is 12.2 Å². The van der Waals surface area contributed by atoms with Crippen molar-refractivity contribution in [3.63, 3.8) is 0 Å². The molecule has 0 spiro atoms. The van der Waals surface area contributed by atoms with E-state index < -0.39 is 5.60 Å². The number of hydrogen-bond acceptors (Lipinski definition) is 5. The number of likely N-dealkylation sites (tertiary alicyclic amines) is 1. The molecule has 4 saturated carbocycles. The number of nitrogens with zero attached hydrogens (tertiary/aromatic N) is 2. The van der Waals surface area contributed by atoms with E-state index in [1.807, 2.05) is 6.21 Å². The molecule has 5 rings (SSSR count). The first-order valence-electron chi connectivity index (χ1n) is 14.0. The molecular formula is C27H47N5O2. The van der Waals surface area contributed by atoms with Gasteiger partial charge in [0.1, 0.15) is 0 Å². The number of hydrazone groups is 1. The molecule has 5 N–H and O–H groups in total. The number of fused-ring (bicyclic) bond motifs is 5. The summed E-state index contributed by atoms with van der Waals surface area (Å²) in [6.45, 7) is 9.33. The molecule has 1 aliphatic heterocycles. The molecule has 0 radical (unpaired) electrons. The number of ether oxygens (including phenoxy) is 1. The summed E-state index contributed by atoms with van der Waals surface area (Å²) < 4.78 is 6.41. The van der Waals surface area contributed by atoms with Crippen LogP contribution in [0.4, 0.5) is 0 Å². The van der Waals surface area contributed by atoms with Crippen LogP contribution < -0.4 is 11.2 Å². The number of nitrogens with one attached hydrogen (secondary N) is 2. The van der Waals surface area contributed by atoms with E-state index in [-0.39, 0.29) is 17.3 Å². The van der Waals surface area contributed by atoms with Gasteiger partial charge in [0.05, 0.1) is 18.3 Å². The van der Waals surface area contributed by atoms with Gasteiger partial charge in [-0.3, -0.25) is 5.41 Å². The molecule has 0 aromatic carbocycles. The van der Waals surface area contributed by atoms with Gasteiger partial charge in [0.2, 0.25) is 5.96 Å². The molecule has 5 fully saturated rings. The van der Waals surface area contributed by atoms with Crippen molar-refractivity contribution in [3.8, 4) is 0 Å². The lowest BCUT2D eigenvalue weighted by Crippen LogP contribution is -2.62. The van der Waals surface area contributed by atoms with Gasteiger partial charge >= 0.3 is 0 Å². The van der Waals surface area contributed by atoms with E-state index in [2.05, 4.69) is 29.3 Å². The molecule has 34 heavy (non-hydrogen) atoms. The summed E-state index contributed by atoms with van der Waals surface area (Å²) in [5, 5.41) is 23.8. The second-order valence-electron chi connectivity index (χ2n) is 12.6. The molecule has 3 unspecified atom stereocenters. The number of hydrogen-bond donors (Lipinski definition) is 4.